The first kappa shape index (κ1) is 12.3. The zero-order valence-corrected chi connectivity index (χ0v) is 9.49. The highest BCUT2D eigenvalue weighted by atomic mass is 35.5. The van der Waals surface area contributed by atoms with Crippen LogP contribution in [0.5, 0.6) is 0 Å². The number of nitro benzene ring substituents is 1. The van der Waals surface area contributed by atoms with Crippen LogP contribution in [0.15, 0.2) is 18.2 Å². The third-order valence-corrected chi connectivity index (χ3v) is 2.10. The van der Waals surface area contributed by atoms with E-state index in [0.29, 0.717) is 5.69 Å². The molecule has 1 N–H and O–H groups in total. The highest BCUT2D eigenvalue weighted by Gasteiger charge is 2.13. The van der Waals surface area contributed by atoms with Crippen molar-refractivity contribution in [1.82, 2.24) is 4.90 Å². The van der Waals surface area contributed by atoms with Crippen LogP contribution in [-0.2, 0) is 0 Å². The number of anilines is 1. The van der Waals surface area contributed by atoms with Crippen LogP contribution >= 0.6 is 11.6 Å². The molecule has 0 saturated carbocycles. The molecule has 0 spiro atoms. The topological polar surface area (TPSA) is 75.5 Å². The van der Waals surface area contributed by atoms with E-state index in [2.05, 4.69) is 5.32 Å². The molecule has 0 radical (unpaired) electrons. The second-order valence-corrected chi connectivity index (χ2v) is 3.66. The number of nitrogens with one attached hydrogen (secondary N) is 1. The van der Waals surface area contributed by atoms with Crippen molar-refractivity contribution in [3.05, 3.63) is 33.3 Å². The van der Waals surface area contributed by atoms with Gasteiger partial charge in [-0.05, 0) is 12.1 Å². The van der Waals surface area contributed by atoms with Crippen LogP contribution in [0.1, 0.15) is 0 Å². The van der Waals surface area contributed by atoms with Gasteiger partial charge >= 0.3 is 6.03 Å². The van der Waals surface area contributed by atoms with Crippen LogP contribution in [0.3, 0.4) is 0 Å². The monoisotopic (exact) mass is 243 g/mol. The number of amides is 2. The lowest BCUT2D eigenvalue weighted by Crippen LogP contribution is -2.27. The minimum atomic E-state index is -0.583. The Hall–Kier alpha value is -1.82. The molecule has 6 nitrogen and oxygen atoms in total. The fourth-order valence-corrected chi connectivity index (χ4v) is 1.22. The van der Waals surface area contributed by atoms with Crippen LogP contribution in [0.2, 0.25) is 5.02 Å². The molecule has 0 unspecified atom stereocenters. The highest BCUT2D eigenvalue weighted by Crippen LogP contribution is 2.27. The Morgan fingerprint density at radius 3 is 2.56 bits per heavy atom. The minimum absolute atomic E-state index is 0.0124. The number of halogens is 1. The van der Waals surface area contributed by atoms with E-state index in [4.69, 9.17) is 11.6 Å². The lowest BCUT2D eigenvalue weighted by Gasteiger charge is -2.11. The van der Waals surface area contributed by atoms with Gasteiger partial charge in [0.1, 0.15) is 5.02 Å². The summed E-state index contributed by atoms with van der Waals surface area (Å²) < 4.78 is 0. The molecule has 7 heteroatoms. The second kappa shape index (κ2) is 4.80. The lowest BCUT2D eigenvalue weighted by molar-refractivity contribution is -0.384. The maximum atomic E-state index is 11.3. The summed E-state index contributed by atoms with van der Waals surface area (Å²) in [5.41, 5.74) is 0.221. The average Bonchev–Trinajstić information content (AvgIpc) is 2.16. The van der Waals surface area contributed by atoms with Crippen molar-refractivity contribution in [3.8, 4) is 0 Å². The van der Waals surface area contributed by atoms with E-state index in [1.54, 1.807) is 14.1 Å². The lowest BCUT2D eigenvalue weighted by atomic mass is 10.3. The van der Waals surface area contributed by atoms with Gasteiger partial charge in [-0.1, -0.05) is 11.6 Å². The molecular weight excluding hydrogens is 234 g/mol. The van der Waals surface area contributed by atoms with Gasteiger partial charge in [-0.3, -0.25) is 10.1 Å². The van der Waals surface area contributed by atoms with Gasteiger partial charge in [0.05, 0.1) is 4.92 Å². The van der Waals surface area contributed by atoms with Crippen LogP contribution in [0.4, 0.5) is 16.2 Å². The first-order valence-corrected chi connectivity index (χ1v) is 4.72. The van der Waals surface area contributed by atoms with Crippen LogP contribution in [0.25, 0.3) is 0 Å². The predicted octanol–water partition coefficient (Wildman–Crippen LogP) is 2.34. The number of nitrogens with zero attached hydrogens (tertiary/aromatic N) is 2. The molecule has 0 saturated heterocycles. The largest absolute Gasteiger partial charge is 0.331 e. The number of urea groups is 1. The maximum absolute atomic E-state index is 11.3. The molecule has 1 aromatic carbocycles. The molecule has 1 aromatic rings. The normalized spacial score (nSPS) is 9.69. The first-order valence-electron chi connectivity index (χ1n) is 4.34. The van der Waals surface area contributed by atoms with E-state index in [0.717, 1.165) is 0 Å². The van der Waals surface area contributed by atoms with Gasteiger partial charge in [0.15, 0.2) is 0 Å². The number of hydrogen-bond donors (Lipinski definition) is 1. The van der Waals surface area contributed by atoms with Crippen molar-refractivity contribution < 1.29 is 9.72 Å². The molecule has 0 aliphatic heterocycles. The van der Waals surface area contributed by atoms with Gasteiger partial charge in [0, 0.05) is 25.8 Å². The fraction of sp³-hybridized carbons (Fsp3) is 0.222. The highest BCUT2D eigenvalue weighted by molar-refractivity contribution is 6.33. The summed E-state index contributed by atoms with van der Waals surface area (Å²) in [5.74, 6) is 0. The minimum Gasteiger partial charge on any atom is -0.331 e. The molecule has 1 rings (SSSR count). The molecular formula is C9H10ClN3O3. The molecule has 86 valence electrons. The summed E-state index contributed by atoms with van der Waals surface area (Å²) in [4.78, 5) is 22.5. The average molecular weight is 244 g/mol. The standard InChI is InChI=1S/C9H10ClN3O3/c1-12(2)9(14)11-6-3-4-8(13(15)16)7(10)5-6/h3-5H,1-2H3,(H,11,14). The van der Waals surface area contributed by atoms with Gasteiger partial charge in [-0.15, -0.1) is 0 Å². The van der Waals surface area contributed by atoms with Crippen molar-refractivity contribution >= 4 is 29.0 Å². The Kier molecular flexibility index (Phi) is 3.68. The molecule has 0 aromatic heterocycles. The fourth-order valence-electron chi connectivity index (χ4n) is 0.968. The maximum Gasteiger partial charge on any atom is 0.321 e. The summed E-state index contributed by atoms with van der Waals surface area (Å²) in [6.45, 7) is 0. The molecule has 0 aliphatic carbocycles. The van der Waals surface area contributed by atoms with E-state index >= 15 is 0 Å². The molecule has 0 fully saturated rings. The Balaban J connectivity index is 2.90. The van der Waals surface area contributed by atoms with E-state index in [-0.39, 0.29) is 16.7 Å². The van der Waals surface area contributed by atoms with Crippen molar-refractivity contribution in [2.75, 3.05) is 19.4 Å². The molecule has 0 atom stereocenters. The Labute approximate surface area is 97.0 Å². The molecule has 0 heterocycles. The van der Waals surface area contributed by atoms with E-state index in [1.807, 2.05) is 0 Å². The van der Waals surface area contributed by atoms with Crippen LogP contribution in [0, 0.1) is 10.1 Å². The zero-order chi connectivity index (χ0) is 12.3. The van der Waals surface area contributed by atoms with E-state index in [9.17, 15) is 14.9 Å². The summed E-state index contributed by atoms with van der Waals surface area (Å²) in [7, 11) is 3.17. The van der Waals surface area contributed by atoms with Crippen LogP contribution < -0.4 is 5.32 Å². The number of benzene rings is 1. The summed E-state index contributed by atoms with van der Waals surface area (Å²) >= 11 is 5.68. The summed E-state index contributed by atoms with van der Waals surface area (Å²) in [6.07, 6.45) is 0. The van der Waals surface area contributed by atoms with E-state index in [1.165, 1.54) is 23.1 Å². The Morgan fingerprint density at radius 2 is 2.12 bits per heavy atom. The number of nitro groups is 1. The molecule has 0 aliphatic rings. The van der Waals surface area contributed by atoms with E-state index < -0.39 is 4.92 Å². The van der Waals surface area contributed by atoms with Gasteiger partial charge in [-0.25, -0.2) is 4.79 Å². The van der Waals surface area contributed by atoms with Gasteiger partial charge in [-0.2, -0.15) is 0 Å². The van der Waals surface area contributed by atoms with Crippen molar-refractivity contribution in [3.63, 3.8) is 0 Å². The number of carbonyl (C=O) groups is 1. The number of hydrogen-bond acceptors (Lipinski definition) is 3. The Morgan fingerprint density at radius 1 is 1.50 bits per heavy atom. The van der Waals surface area contributed by atoms with Crippen LogP contribution in [-0.4, -0.2) is 29.9 Å². The second-order valence-electron chi connectivity index (χ2n) is 3.25. The third kappa shape index (κ3) is 2.83. The zero-order valence-electron chi connectivity index (χ0n) is 8.73. The smallest absolute Gasteiger partial charge is 0.321 e. The van der Waals surface area contributed by atoms with Crippen molar-refractivity contribution in [1.29, 1.82) is 0 Å². The van der Waals surface area contributed by atoms with Crippen molar-refractivity contribution in [2.24, 2.45) is 0 Å². The number of rotatable bonds is 2. The predicted molar refractivity (Wildman–Crippen MR) is 60.8 cm³/mol. The summed E-state index contributed by atoms with van der Waals surface area (Å²) in [5, 5.41) is 13.0. The van der Waals surface area contributed by atoms with Gasteiger partial charge < -0.3 is 10.2 Å². The number of carbonyl (C=O) groups excluding carboxylic acids is 1. The molecule has 0 bridgehead atoms. The SMILES string of the molecule is CN(C)C(=O)Nc1ccc([N+](=O)[O-])c(Cl)c1. The van der Waals surface area contributed by atoms with Gasteiger partial charge in [0.2, 0.25) is 0 Å². The molecule has 2 amide bonds. The van der Waals surface area contributed by atoms with Gasteiger partial charge in [0.25, 0.3) is 5.69 Å². The quantitative estimate of drug-likeness (QED) is 0.640. The third-order valence-electron chi connectivity index (χ3n) is 1.80. The summed E-state index contributed by atoms with van der Waals surface area (Å²) in [6, 6.07) is 3.67. The first-order chi connectivity index (χ1) is 7.41. The molecule has 16 heavy (non-hydrogen) atoms. The Bertz CT molecular complexity index is 434. The van der Waals surface area contributed by atoms with Crippen molar-refractivity contribution in [2.45, 2.75) is 0 Å².